The van der Waals surface area contributed by atoms with Gasteiger partial charge in [0, 0.05) is 19.6 Å². The fourth-order valence-corrected chi connectivity index (χ4v) is 3.93. The molecule has 0 aromatic carbocycles. The molecule has 0 saturated carbocycles. The number of aliphatic hydroxyl groups is 2. The van der Waals surface area contributed by atoms with Crippen LogP contribution in [-0.4, -0.2) is 76.8 Å². The van der Waals surface area contributed by atoms with Gasteiger partial charge in [0.05, 0.1) is 32.2 Å². The molecule has 0 bridgehead atoms. The zero-order valence-electron chi connectivity index (χ0n) is 17.7. The molecule has 0 aliphatic carbocycles. The van der Waals surface area contributed by atoms with Crippen molar-refractivity contribution in [3.63, 3.8) is 0 Å². The topological polar surface area (TPSA) is 50.2 Å². The summed E-state index contributed by atoms with van der Waals surface area (Å²) in [4.78, 5) is 7.03. The highest BCUT2D eigenvalue weighted by Gasteiger charge is 2.24. The van der Waals surface area contributed by atoms with Crippen LogP contribution in [0.4, 0.5) is 0 Å². The Morgan fingerprint density at radius 2 is 1.00 bits per heavy atom. The number of unbranched alkanes of at least 4 members (excludes halogenated alkanes) is 9. The van der Waals surface area contributed by atoms with Gasteiger partial charge in [0.1, 0.15) is 0 Å². The molecule has 0 spiro atoms. The summed E-state index contributed by atoms with van der Waals surface area (Å²) in [6, 6.07) is 0. The van der Waals surface area contributed by atoms with Gasteiger partial charge in [-0.3, -0.25) is 14.7 Å². The Morgan fingerprint density at radius 3 is 1.42 bits per heavy atom. The molecule has 1 aliphatic rings. The van der Waals surface area contributed by atoms with Crippen molar-refractivity contribution >= 4 is 0 Å². The van der Waals surface area contributed by atoms with E-state index in [-0.39, 0.29) is 12.2 Å². The summed E-state index contributed by atoms with van der Waals surface area (Å²) in [7, 11) is 0. The van der Waals surface area contributed by atoms with Crippen molar-refractivity contribution in [2.75, 3.05) is 39.6 Å². The number of hydrogen-bond donors (Lipinski definition) is 2. The number of β-amino-alcohol motifs (C(OH)–C–C–N with tert-alkyl or cyclic N) is 2. The zero-order valence-corrected chi connectivity index (χ0v) is 17.7. The predicted molar refractivity (Wildman–Crippen MR) is 110 cm³/mol. The maximum absolute atomic E-state index is 9.70. The Balaban J connectivity index is 2.15. The van der Waals surface area contributed by atoms with Crippen LogP contribution in [0.2, 0.25) is 0 Å². The van der Waals surface area contributed by atoms with Crippen molar-refractivity contribution < 1.29 is 10.2 Å². The molecule has 1 heterocycles. The maximum Gasteiger partial charge on any atom is 0.0640 e. The van der Waals surface area contributed by atoms with Crippen LogP contribution in [0.1, 0.15) is 85.0 Å². The summed E-state index contributed by atoms with van der Waals surface area (Å²) in [5.74, 6) is 0. The van der Waals surface area contributed by atoms with E-state index in [0.717, 1.165) is 26.6 Å². The first-order chi connectivity index (χ1) is 12.5. The van der Waals surface area contributed by atoms with Crippen molar-refractivity contribution in [3.8, 4) is 0 Å². The average molecular weight is 372 g/mol. The molecular weight excluding hydrogens is 326 g/mol. The van der Waals surface area contributed by atoms with E-state index in [1.807, 2.05) is 13.8 Å². The first-order valence-electron chi connectivity index (χ1n) is 11.0. The molecule has 2 atom stereocenters. The zero-order chi connectivity index (χ0) is 19.2. The molecule has 2 N–H and O–H groups in total. The van der Waals surface area contributed by atoms with Crippen molar-refractivity contribution in [1.82, 2.24) is 14.7 Å². The molecule has 0 amide bonds. The third-order valence-electron chi connectivity index (χ3n) is 5.07. The summed E-state index contributed by atoms with van der Waals surface area (Å²) < 4.78 is 0. The number of hydrogen-bond acceptors (Lipinski definition) is 5. The van der Waals surface area contributed by atoms with Crippen LogP contribution in [-0.2, 0) is 0 Å². The summed E-state index contributed by atoms with van der Waals surface area (Å²) >= 11 is 0. The van der Waals surface area contributed by atoms with Crippen molar-refractivity contribution in [1.29, 1.82) is 0 Å². The fourth-order valence-electron chi connectivity index (χ4n) is 3.93. The van der Waals surface area contributed by atoms with Crippen molar-refractivity contribution in [2.24, 2.45) is 0 Å². The van der Waals surface area contributed by atoms with E-state index >= 15 is 0 Å². The predicted octanol–water partition coefficient (Wildman–Crippen LogP) is 3.46. The van der Waals surface area contributed by atoms with E-state index in [2.05, 4.69) is 21.6 Å². The maximum atomic E-state index is 9.70. The van der Waals surface area contributed by atoms with E-state index in [4.69, 9.17) is 0 Å². The van der Waals surface area contributed by atoms with Crippen LogP contribution < -0.4 is 0 Å². The van der Waals surface area contributed by atoms with Gasteiger partial charge >= 0.3 is 0 Å². The third kappa shape index (κ3) is 12.2. The Morgan fingerprint density at radius 1 is 0.615 bits per heavy atom. The molecule has 2 unspecified atom stereocenters. The van der Waals surface area contributed by atoms with Gasteiger partial charge < -0.3 is 10.2 Å². The van der Waals surface area contributed by atoms with Gasteiger partial charge in [0.2, 0.25) is 0 Å². The van der Waals surface area contributed by atoms with E-state index in [0.29, 0.717) is 13.1 Å². The second kappa shape index (κ2) is 14.8. The first kappa shape index (κ1) is 23.8. The molecule has 5 heteroatoms. The lowest BCUT2D eigenvalue weighted by Crippen LogP contribution is -2.57. The minimum Gasteiger partial charge on any atom is -0.392 e. The molecule has 1 aliphatic heterocycles. The standard InChI is InChI=1S/C21H45N3O2/c1-4-5-6-7-8-9-10-11-12-13-14-22-17-23(15-20(2)25)19-24(18-22)16-21(3)26/h20-21,25-26H,4-19H2,1-3H3. The lowest BCUT2D eigenvalue weighted by molar-refractivity contribution is -0.0566. The molecule has 1 fully saturated rings. The van der Waals surface area contributed by atoms with Crippen LogP contribution >= 0.6 is 0 Å². The van der Waals surface area contributed by atoms with Gasteiger partial charge in [-0.1, -0.05) is 64.7 Å². The summed E-state index contributed by atoms with van der Waals surface area (Å²) in [5, 5.41) is 19.4. The monoisotopic (exact) mass is 371 g/mol. The number of aliphatic hydroxyl groups excluding tert-OH is 2. The lowest BCUT2D eigenvalue weighted by atomic mass is 10.1. The highest BCUT2D eigenvalue weighted by atomic mass is 16.3. The first-order valence-corrected chi connectivity index (χ1v) is 11.0. The van der Waals surface area contributed by atoms with E-state index in [1.165, 1.54) is 64.2 Å². The van der Waals surface area contributed by atoms with Gasteiger partial charge in [-0.05, 0) is 20.3 Å². The average Bonchev–Trinajstić information content (AvgIpc) is 2.55. The van der Waals surface area contributed by atoms with Crippen LogP contribution in [0.25, 0.3) is 0 Å². The van der Waals surface area contributed by atoms with Gasteiger partial charge in [0.25, 0.3) is 0 Å². The van der Waals surface area contributed by atoms with Gasteiger partial charge in [-0.25, -0.2) is 0 Å². The van der Waals surface area contributed by atoms with Crippen LogP contribution in [0.3, 0.4) is 0 Å². The molecule has 26 heavy (non-hydrogen) atoms. The summed E-state index contributed by atoms with van der Waals surface area (Å²) in [6.07, 6.45) is 13.1. The minimum absolute atomic E-state index is 0.305. The number of rotatable bonds is 15. The molecule has 156 valence electrons. The van der Waals surface area contributed by atoms with Crippen LogP contribution in [0.15, 0.2) is 0 Å². The number of nitrogens with zero attached hydrogens (tertiary/aromatic N) is 3. The van der Waals surface area contributed by atoms with Crippen molar-refractivity contribution in [3.05, 3.63) is 0 Å². The smallest absolute Gasteiger partial charge is 0.0640 e. The van der Waals surface area contributed by atoms with E-state index in [9.17, 15) is 10.2 Å². The van der Waals surface area contributed by atoms with Gasteiger partial charge in [-0.15, -0.1) is 0 Å². The summed E-state index contributed by atoms with van der Waals surface area (Å²) in [6.45, 7) is 11.2. The highest BCUT2D eigenvalue weighted by molar-refractivity contribution is 4.72. The summed E-state index contributed by atoms with van der Waals surface area (Å²) in [5.41, 5.74) is 0. The molecule has 0 aromatic heterocycles. The Hall–Kier alpha value is -0.200. The van der Waals surface area contributed by atoms with E-state index in [1.54, 1.807) is 0 Å². The Kier molecular flexibility index (Phi) is 13.6. The Bertz CT molecular complexity index is 308. The van der Waals surface area contributed by atoms with Crippen molar-refractivity contribution in [2.45, 2.75) is 97.2 Å². The third-order valence-corrected chi connectivity index (χ3v) is 5.07. The molecule has 0 aromatic rings. The molecule has 0 radical (unpaired) electrons. The second-order valence-corrected chi connectivity index (χ2v) is 8.41. The van der Waals surface area contributed by atoms with Crippen LogP contribution in [0, 0.1) is 0 Å². The molecular formula is C21H45N3O2. The lowest BCUT2D eigenvalue weighted by Gasteiger charge is -2.43. The van der Waals surface area contributed by atoms with Gasteiger partial charge in [-0.2, -0.15) is 0 Å². The minimum atomic E-state index is -0.305. The SMILES string of the molecule is CCCCCCCCCCCCN1CN(CC(C)O)CN(CC(C)O)C1. The molecule has 1 rings (SSSR count). The Labute approximate surface area is 162 Å². The van der Waals surface area contributed by atoms with Crippen LogP contribution in [0.5, 0.6) is 0 Å². The fraction of sp³-hybridized carbons (Fsp3) is 1.00. The largest absolute Gasteiger partial charge is 0.392 e. The highest BCUT2D eigenvalue weighted by Crippen LogP contribution is 2.13. The van der Waals surface area contributed by atoms with E-state index < -0.39 is 0 Å². The quantitative estimate of drug-likeness (QED) is 0.432. The normalized spacial score (nSPS) is 19.7. The van der Waals surface area contributed by atoms with Gasteiger partial charge in [0.15, 0.2) is 0 Å². The molecule has 1 saturated heterocycles. The molecule has 5 nitrogen and oxygen atoms in total. The second-order valence-electron chi connectivity index (χ2n) is 8.41.